The minimum Gasteiger partial charge on any atom is -0.413 e. The molecule has 0 heterocycles. The van der Waals surface area contributed by atoms with Crippen LogP contribution in [-0.2, 0) is 4.43 Å². The highest BCUT2D eigenvalue weighted by molar-refractivity contribution is 5.98. The van der Waals surface area contributed by atoms with Crippen molar-refractivity contribution in [1.29, 1.82) is 0 Å². The molecule has 0 atom stereocenters. The van der Waals surface area contributed by atoms with E-state index < -0.39 is 0 Å². The van der Waals surface area contributed by atoms with E-state index in [9.17, 15) is 0 Å². The third kappa shape index (κ3) is 2.43. The van der Waals surface area contributed by atoms with Crippen molar-refractivity contribution in [2.75, 3.05) is 0 Å². The molecule has 0 amide bonds. The molecular weight excluding hydrogens is 140 g/mol. The lowest BCUT2D eigenvalue weighted by Gasteiger charge is -2.30. The largest absolute Gasteiger partial charge is 0.413 e. The van der Waals surface area contributed by atoms with Crippen molar-refractivity contribution in [3.05, 3.63) is 0 Å². The first-order valence-corrected chi connectivity index (χ1v) is 4.50. The Morgan fingerprint density at radius 3 is 1.80 bits per heavy atom. The average molecular weight is 157 g/mol. The maximum Gasteiger partial charge on any atom is 0.247 e. The number of hydrogen-bond acceptors (Lipinski definition) is 1. The zero-order valence-corrected chi connectivity index (χ0v) is 8.24. The van der Waals surface area contributed by atoms with Crippen LogP contribution in [-0.4, -0.2) is 16.1 Å². The lowest BCUT2D eigenvalue weighted by molar-refractivity contribution is 0.0605. The van der Waals surface area contributed by atoms with Gasteiger partial charge in [0.15, 0.2) is 0 Å². The highest BCUT2D eigenvalue weighted by Gasteiger charge is 2.22. The van der Waals surface area contributed by atoms with Gasteiger partial charge in [-0.3, -0.25) is 0 Å². The summed E-state index contributed by atoms with van der Waals surface area (Å²) in [6, 6.07) is 0. The molecular formula is C8H17OSi. The van der Waals surface area contributed by atoms with E-state index in [1.54, 1.807) is 0 Å². The predicted octanol–water partition coefficient (Wildman–Crippen LogP) is 2.45. The molecule has 0 saturated heterocycles. The summed E-state index contributed by atoms with van der Waals surface area (Å²) in [5.74, 6) is 0. The SMILES string of the molecule is CCCC(CC)(CC)O[Si]. The summed E-state index contributed by atoms with van der Waals surface area (Å²) in [5.41, 5.74) is 0.0889. The van der Waals surface area contributed by atoms with Gasteiger partial charge >= 0.3 is 0 Å². The van der Waals surface area contributed by atoms with Gasteiger partial charge in [-0.15, -0.1) is 0 Å². The molecule has 3 radical (unpaired) electrons. The molecule has 59 valence electrons. The van der Waals surface area contributed by atoms with Crippen LogP contribution in [0.1, 0.15) is 46.5 Å². The van der Waals surface area contributed by atoms with Crippen LogP contribution >= 0.6 is 0 Å². The Morgan fingerprint density at radius 2 is 1.70 bits per heavy atom. The summed E-state index contributed by atoms with van der Waals surface area (Å²) in [6.07, 6.45) is 4.50. The standard InChI is InChI=1S/C8H17OSi/c1-4-7-8(5-2,6-3)9-10/h4-7H2,1-3H3. The average Bonchev–Trinajstić information content (AvgIpc) is 2.01. The molecule has 10 heavy (non-hydrogen) atoms. The summed E-state index contributed by atoms with van der Waals surface area (Å²) in [7, 11) is 3.14. The lowest BCUT2D eigenvalue weighted by atomic mass is 9.92. The highest BCUT2D eigenvalue weighted by Crippen LogP contribution is 2.24. The molecule has 0 aromatic rings. The van der Waals surface area contributed by atoms with Crippen LogP contribution in [0.15, 0.2) is 0 Å². The normalized spacial score (nSPS) is 12.0. The maximum absolute atomic E-state index is 5.28. The van der Waals surface area contributed by atoms with E-state index in [-0.39, 0.29) is 5.60 Å². The molecule has 0 fully saturated rings. The van der Waals surface area contributed by atoms with E-state index in [1.807, 2.05) is 0 Å². The number of hydrogen-bond donors (Lipinski definition) is 0. The molecule has 0 unspecified atom stereocenters. The van der Waals surface area contributed by atoms with E-state index >= 15 is 0 Å². The Balaban J connectivity index is 3.87. The summed E-state index contributed by atoms with van der Waals surface area (Å²) >= 11 is 0. The number of rotatable bonds is 5. The molecule has 0 aromatic heterocycles. The smallest absolute Gasteiger partial charge is 0.247 e. The molecule has 0 saturated carbocycles. The van der Waals surface area contributed by atoms with Crippen molar-refractivity contribution in [3.63, 3.8) is 0 Å². The second-order valence-electron chi connectivity index (χ2n) is 2.74. The minimum absolute atomic E-state index is 0.0889. The summed E-state index contributed by atoms with van der Waals surface area (Å²) in [6.45, 7) is 6.52. The lowest BCUT2D eigenvalue weighted by Crippen LogP contribution is -2.29. The molecule has 0 N–H and O–H groups in total. The summed E-state index contributed by atoms with van der Waals surface area (Å²) in [5, 5.41) is 0. The minimum atomic E-state index is 0.0889. The van der Waals surface area contributed by atoms with Gasteiger partial charge in [0.05, 0.1) is 5.60 Å². The van der Waals surface area contributed by atoms with Gasteiger partial charge in [0.1, 0.15) is 0 Å². The molecule has 0 spiro atoms. The quantitative estimate of drug-likeness (QED) is 0.557. The maximum atomic E-state index is 5.28. The Kier molecular flexibility index (Phi) is 5.00. The second-order valence-corrected chi connectivity index (χ2v) is 2.95. The van der Waals surface area contributed by atoms with Gasteiger partial charge in [-0.1, -0.05) is 27.2 Å². The van der Waals surface area contributed by atoms with Crippen molar-refractivity contribution >= 4 is 10.5 Å². The summed E-state index contributed by atoms with van der Waals surface area (Å²) < 4.78 is 5.28. The molecule has 0 bridgehead atoms. The second kappa shape index (κ2) is 4.91. The van der Waals surface area contributed by atoms with Crippen molar-refractivity contribution in [2.24, 2.45) is 0 Å². The first-order chi connectivity index (χ1) is 4.74. The van der Waals surface area contributed by atoms with Gasteiger partial charge in [0.25, 0.3) is 0 Å². The third-order valence-corrected chi connectivity index (χ3v) is 2.64. The first-order valence-electron chi connectivity index (χ1n) is 4.09. The van der Waals surface area contributed by atoms with Crippen LogP contribution < -0.4 is 0 Å². The Bertz CT molecular complexity index is 71.1. The Morgan fingerprint density at radius 1 is 1.20 bits per heavy atom. The monoisotopic (exact) mass is 157 g/mol. The van der Waals surface area contributed by atoms with Crippen LogP contribution in [0.2, 0.25) is 0 Å². The predicted molar refractivity (Wildman–Crippen MR) is 45.1 cm³/mol. The van der Waals surface area contributed by atoms with Crippen molar-refractivity contribution in [1.82, 2.24) is 0 Å². The molecule has 0 aromatic carbocycles. The highest BCUT2D eigenvalue weighted by atomic mass is 28.2. The van der Waals surface area contributed by atoms with Gasteiger partial charge in [0, 0.05) is 0 Å². The van der Waals surface area contributed by atoms with E-state index in [0.29, 0.717) is 0 Å². The van der Waals surface area contributed by atoms with E-state index in [4.69, 9.17) is 4.43 Å². The topological polar surface area (TPSA) is 9.23 Å². The Labute approximate surface area is 67.7 Å². The zero-order valence-electron chi connectivity index (χ0n) is 7.24. The third-order valence-electron chi connectivity index (χ3n) is 2.21. The van der Waals surface area contributed by atoms with Crippen molar-refractivity contribution in [2.45, 2.75) is 52.1 Å². The first kappa shape index (κ1) is 10.2. The van der Waals surface area contributed by atoms with Gasteiger partial charge < -0.3 is 4.43 Å². The van der Waals surface area contributed by atoms with Crippen molar-refractivity contribution < 1.29 is 4.43 Å². The molecule has 2 heteroatoms. The van der Waals surface area contributed by atoms with Crippen LogP contribution in [0.25, 0.3) is 0 Å². The summed E-state index contributed by atoms with van der Waals surface area (Å²) in [4.78, 5) is 0. The molecule has 1 nitrogen and oxygen atoms in total. The van der Waals surface area contributed by atoms with Gasteiger partial charge in [-0.25, -0.2) is 0 Å². The zero-order chi connectivity index (χ0) is 8.04. The fourth-order valence-corrected chi connectivity index (χ4v) is 1.65. The molecule has 0 rings (SSSR count). The van der Waals surface area contributed by atoms with E-state index in [2.05, 4.69) is 31.3 Å². The van der Waals surface area contributed by atoms with Crippen LogP contribution in [0.5, 0.6) is 0 Å². The molecule has 0 aliphatic rings. The van der Waals surface area contributed by atoms with Crippen LogP contribution in [0.3, 0.4) is 0 Å². The van der Waals surface area contributed by atoms with Gasteiger partial charge in [-0.2, -0.15) is 0 Å². The van der Waals surface area contributed by atoms with E-state index in [0.717, 1.165) is 19.3 Å². The van der Waals surface area contributed by atoms with Gasteiger partial charge in [-0.05, 0) is 19.3 Å². The fraction of sp³-hybridized carbons (Fsp3) is 1.00. The Hall–Kier alpha value is 0.177. The molecule has 0 aliphatic carbocycles. The van der Waals surface area contributed by atoms with Gasteiger partial charge in [0.2, 0.25) is 10.5 Å². The van der Waals surface area contributed by atoms with Crippen LogP contribution in [0.4, 0.5) is 0 Å². The van der Waals surface area contributed by atoms with Crippen molar-refractivity contribution in [3.8, 4) is 0 Å². The fourth-order valence-electron chi connectivity index (χ4n) is 1.25. The van der Waals surface area contributed by atoms with Crippen LogP contribution in [0, 0.1) is 0 Å². The molecule has 0 aliphatic heterocycles. The van der Waals surface area contributed by atoms with E-state index in [1.165, 1.54) is 6.42 Å².